The van der Waals surface area contributed by atoms with E-state index in [2.05, 4.69) is 27.7 Å². The lowest BCUT2D eigenvalue weighted by atomic mass is 9.85. The zero-order valence-electron chi connectivity index (χ0n) is 10.2. The summed E-state index contributed by atoms with van der Waals surface area (Å²) >= 11 is 0. The lowest BCUT2D eigenvalue weighted by Crippen LogP contribution is -2.47. The molecule has 0 N–H and O–H groups in total. The van der Waals surface area contributed by atoms with Crippen molar-refractivity contribution >= 4 is 7.28 Å². The minimum Gasteiger partial charge on any atom is -0.325 e. The molecule has 0 rings (SSSR count). The molecular weight excluding hydrogens is 173 g/mol. The first-order valence-corrected chi connectivity index (χ1v) is 5.54. The summed E-state index contributed by atoms with van der Waals surface area (Å²) in [4.78, 5) is 0. The predicted molar refractivity (Wildman–Crippen MR) is 62.2 cm³/mol. The van der Waals surface area contributed by atoms with Crippen molar-refractivity contribution in [2.24, 2.45) is 0 Å². The van der Waals surface area contributed by atoms with Gasteiger partial charge in [0.2, 0.25) is 0 Å². The Bertz CT molecular complexity index is 169. The fourth-order valence-corrected chi connectivity index (χ4v) is 1.39. The molecule has 0 atom stereocenters. The Hall–Kier alpha value is -0.995. The van der Waals surface area contributed by atoms with Gasteiger partial charge in [-0.25, -0.2) is 10.5 Å². The van der Waals surface area contributed by atoms with Crippen molar-refractivity contribution < 1.29 is 4.48 Å². The Balaban J connectivity index is 0. The molecule has 0 unspecified atom stereocenters. The largest absolute Gasteiger partial charge is 0.325 e. The summed E-state index contributed by atoms with van der Waals surface area (Å²) in [5, 5.41) is 15.3. The second-order valence-electron chi connectivity index (χ2n) is 3.30. The van der Waals surface area contributed by atoms with E-state index in [4.69, 9.17) is 10.5 Å². The van der Waals surface area contributed by atoms with Gasteiger partial charge in [-0.05, 0) is 27.7 Å². The van der Waals surface area contributed by atoms with Crippen LogP contribution in [-0.2, 0) is 0 Å². The average molecular weight is 195 g/mol. The first-order chi connectivity index (χ1) is 6.66. The Morgan fingerprint density at radius 2 is 1.14 bits per heavy atom. The van der Waals surface area contributed by atoms with Gasteiger partial charge in [0.05, 0.1) is 26.2 Å². The van der Waals surface area contributed by atoms with E-state index in [1.807, 2.05) is 0 Å². The van der Waals surface area contributed by atoms with Crippen LogP contribution in [0.4, 0.5) is 0 Å². The third-order valence-corrected chi connectivity index (χ3v) is 2.91. The molecule has 0 saturated heterocycles. The van der Waals surface area contributed by atoms with Gasteiger partial charge in [0.25, 0.3) is 0 Å². The van der Waals surface area contributed by atoms with E-state index >= 15 is 0 Å². The fraction of sp³-hybridized carbons (Fsp3) is 0.800. The number of hydrogen-bond donors (Lipinski definition) is 0. The van der Waals surface area contributed by atoms with Crippen LogP contribution in [-0.4, -0.2) is 37.9 Å². The Morgan fingerprint density at radius 3 is 1.14 bits per heavy atom. The van der Waals surface area contributed by atoms with Crippen LogP contribution in [0.5, 0.6) is 0 Å². The topological polar surface area (TPSA) is 47.6 Å². The number of hydrogen-bond acceptors (Lipinski definition) is 2. The molecule has 0 radical (unpaired) electrons. The van der Waals surface area contributed by atoms with Crippen LogP contribution in [0.3, 0.4) is 0 Å². The first kappa shape index (κ1) is 15.5. The molecule has 0 aliphatic rings. The molecule has 0 aromatic rings. The summed E-state index contributed by atoms with van der Waals surface area (Å²) in [6, 6.07) is 0. The fourth-order valence-electron chi connectivity index (χ4n) is 1.39. The van der Waals surface area contributed by atoms with Gasteiger partial charge < -0.3 is 4.48 Å². The van der Waals surface area contributed by atoms with Crippen LogP contribution in [0.1, 0.15) is 27.7 Å². The van der Waals surface area contributed by atoms with Gasteiger partial charge in [-0.15, -0.1) is 11.9 Å². The SMILES string of the molecule is CC[N+](CC)(CC)CC.N#C[BH2-]C#N. The molecule has 14 heavy (non-hydrogen) atoms. The van der Waals surface area contributed by atoms with E-state index in [0.29, 0.717) is 0 Å². The smallest absolute Gasteiger partial charge is 0.179 e. The van der Waals surface area contributed by atoms with Crippen molar-refractivity contribution in [1.29, 1.82) is 10.5 Å². The van der Waals surface area contributed by atoms with Crippen molar-refractivity contribution in [1.82, 2.24) is 0 Å². The van der Waals surface area contributed by atoms with Gasteiger partial charge in [0.15, 0.2) is 7.28 Å². The highest BCUT2D eigenvalue weighted by Crippen LogP contribution is 2.03. The molecule has 0 fully saturated rings. The molecule has 0 bridgehead atoms. The molecule has 0 amide bonds. The maximum atomic E-state index is 7.65. The van der Waals surface area contributed by atoms with Crippen LogP contribution < -0.4 is 0 Å². The van der Waals surface area contributed by atoms with Gasteiger partial charge in [-0.3, -0.25) is 0 Å². The summed E-state index contributed by atoms with van der Waals surface area (Å²) in [6.45, 7) is 14.2. The molecule has 0 spiro atoms. The monoisotopic (exact) mass is 195 g/mol. The minimum absolute atomic E-state index is 0.861. The van der Waals surface area contributed by atoms with Crippen molar-refractivity contribution in [2.75, 3.05) is 26.2 Å². The van der Waals surface area contributed by atoms with Crippen LogP contribution in [0.15, 0.2) is 0 Å². The second kappa shape index (κ2) is 10.1. The number of quaternary nitrogens is 1. The molecule has 0 aromatic carbocycles. The molecular formula is C10H22BN3. The van der Waals surface area contributed by atoms with Gasteiger partial charge in [-0.1, -0.05) is 0 Å². The highest BCUT2D eigenvalue weighted by molar-refractivity contribution is 6.53. The molecule has 3 nitrogen and oxygen atoms in total. The zero-order chi connectivity index (χ0) is 11.4. The van der Waals surface area contributed by atoms with Crippen LogP contribution >= 0.6 is 0 Å². The second-order valence-corrected chi connectivity index (χ2v) is 3.30. The highest BCUT2D eigenvalue weighted by atomic mass is 15.3. The van der Waals surface area contributed by atoms with Gasteiger partial charge in [0, 0.05) is 0 Å². The Kier molecular flexibility index (Phi) is 11.2. The first-order valence-electron chi connectivity index (χ1n) is 5.54. The van der Waals surface area contributed by atoms with Crippen molar-refractivity contribution in [3.8, 4) is 11.9 Å². The standard InChI is InChI=1S/C8H20N.C2H2BN2/c1-5-9(6-2,7-3)8-4;4-1-3-2-5/h5-8H2,1-4H3;3H2/q+1;-1. The Morgan fingerprint density at radius 1 is 0.857 bits per heavy atom. The average Bonchev–Trinajstić information content (AvgIpc) is 2.24. The zero-order valence-corrected chi connectivity index (χ0v) is 10.2. The highest BCUT2D eigenvalue weighted by Gasteiger charge is 2.16. The third kappa shape index (κ3) is 6.51. The van der Waals surface area contributed by atoms with Crippen molar-refractivity contribution in [2.45, 2.75) is 27.7 Å². The van der Waals surface area contributed by atoms with Crippen LogP contribution in [0.25, 0.3) is 0 Å². The third-order valence-electron chi connectivity index (χ3n) is 2.91. The van der Waals surface area contributed by atoms with Gasteiger partial charge in [0.1, 0.15) is 0 Å². The van der Waals surface area contributed by atoms with E-state index in [9.17, 15) is 0 Å². The predicted octanol–water partition coefficient (Wildman–Crippen LogP) is 1.00. The maximum Gasteiger partial charge on any atom is 0.179 e. The number of nitriles is 2. The number of rotatable bonds is 4. The van der Waals surface area contributed by atoms with Gasteiger partial charge >= 0.3 is 0 Å². The number of nitrogens with zero attached hydrogens (tertiary/aromatic N) is 3. The molecule has 0 aliphatic heterocycles. The van der Waals surface area contributed by atoms with Crippen molar-refractivity contribution in [3.63, 3.8) is 0 Å². The molecule has 80 valence electrons. The van der Waals surface area contributed by atoms with Gasteiger partial charge in [-0.2, -0.15) is 0 Å². The minimum atomic E-state index is -0.861. The molecule has 0 aromatic heterocycles. The normalized spacial score (nSPS) is 9.29. The molecule has 4 heteroatoms. The summed E-state index contributed by atoms with van der Waals surface area (Å²) < 4.78 is 1.28. The molecule has 0 heterocycles. The molecule has 0 saturated carbocycles. The summed E-state index contributed by atoms with van der Waals surface area (Å²) in [6.07, 6.45) is 0. The van der Waals surface area contributed by atoms with Crippen molar-refractivity contribution in [3.05, 3.63) is 0 Å². The van der Waals surface area contributed by atoms with E-state index in [1.165, 1.54) is 30.7 Å². The van der Waals surface area contributed by atoms with E-state index < -0.39 is 7.28 Å². The Labute approximate surface area is 88.8 Å². The lowest BCUT2D eigenvalue weighted by Gasteiger charge is -2.34. The summed E-state index contributed by atoms with van der Waals surface area (Å²) in [7, 11) is -0.861. The summed E-state index contributed by atoms with van der Waals surface area (Å²) in [5.41, 5.74) is 0. The van der Waals surface area contributed by atoms with E-state index in [-0.39, 0.29) is 0 Å². The maximum absolute atomic E-state index is 7.65. The summed E-state index contributed by atoms with van der Waals surface area (Å²) in [5.74, 6) is 3.56. The molecule has 0 aliphatic carbocycles. The van der Waals surface area contributed by atoms with E-state index in [1.54, 1.807) is 11.9 Å². The van der Waals surface area contributed by atoms with Crippen LogP contribution in [0.2, 0.25) is 0 Å². The lowest BCUT2D eigenvalue weighted by molar-refractivity contribution is -0.921. The van der Waals surface area contributed by atoms with E-state index in [0.717, 1.165) is 0 Å². The quantitative estimate of drug-likeness (QED) is 0.496. The van der Waals surface area contributed by atoms with Crippen LogP contribution in [0, 0.1) is 22.5 Å².